The molecule has 0 atom stereocenters. The molecule has 2 aliphatic rings. The fraction of sp³-hybridized carbons (Fsp3) is 0.462. The van der Waals surface area contributed by atoms with Crippen LogP contribution >= 0.6 is 11.6 Å². The minimum Gasteiger partial charge on any atom is -0.343 e. The Morgan fingerprint density at radius 1 is 1.06 bits per heavy atom. The second-order valence-electron chi connectivity index (χ2n) is 8.93. The van der Waals surface area contributed by atoms with E-state index in [9.17, 15) is 9.59 Å². The van der Waals surface area contributed by atoms with Gasteiger partial charge in [-0.3, -0.25) is 9.59 Å². The molecule has 1 aliphatic carbocycles. The van der Waals surface area contributed by atoms with E-state index >= 15 is 0 Å². The Balaban J connectivity index is 1.34. The van der Waals surface area contributed by atoms with Crippen molar-refractivity contribution in [3.63, 3.8) is 0 Å². The lowest BCUT2D eigenvalue weighted by Gasteiger charge is -2.34. The van der Waals surface area contributed by atoms with Gasteiger partial charge in [0.05, 0.1) is 0 Å². The molecule has 5 nitrogen and oxygen atoms in total. The molecule has 6 heteroatoms. The topological polar surface area (TPSA) is 52.7 Å². The van der Waals surface area contributed by atoms with Gasteiger partial charge in [0, 0.05) is 49.2 Å². The largest absolute Gasteiger partial charge is 0.343 e. The summed E-state index contributed by atoms with van der Waals surface area (Å²) in [5, 5.41) is 4.31. The van der Waals surface area contributed by atoms with Gasteiger partial charge in [0.15, 0.2) is 0 Å². The van der Waals surface area contributed by atoms with Crippen molar-refractivity contribution in [3.8, 4) is 0 Å². The number of halogens is 1. The van der Waals surface area contributed by atoms with Crippen molar-refractivity contribution in [2.45, 2.75) is 45.1 Å². The molecule has 170 valence electrons. The summed E-state index contributed by atoms with van der Waals surface area (Å²) in [7, 11) is 0. The van der Waals surface area contributed by atoms with Crippen LogP contribution in [0.3, 0.4) is 0 Å². The van der Waals surface area contributed by atoms with E-state index < -0.39 is 0 Å². The molecule has 0 spiro atoms. The first kappa shape index (κ1) is 22.8. The molecule has 2 aromatic carbocycles. The first-order valence-corrected chi connectivity index (χ1v) is 12.0. The Labute approximate surface area is 195 Å². The Morgan fingerprint density at radius 3 is 2.38 bits per heavy atom. The van der Waals surface area contributed by atoms with Crippen molar-refractivity contribution in [2.24, 2.45) is 5.92 Å². The number of rotatable bonds is 7. The highest BCUT2D eigenvalue weighted by Crippen LogP contribution is 2.26. The van der Waals surface area contributed by atoms with E-state index in [1.54, 1.807) is 6.92 Å². The van der Waals surface area contributed by atoms with Gasteiger partial charge < -0.3 is 15.1 Å². The maximum atomic E-state index is 13.4. The van der Waals surface area contributed by atoms with Crippen LogP contribution in [0.15, 0.2) is 48.5 Å². The first-order chi connectivity index (χ1) is 15.5. The van der Waals surface area contributed by atoms with Gasteiger partial charge in [0.1, 0.15) is 0 Å². The molecular formula is C26H32ClN3O2. The molecule has 1 heterocycles. The van der Waals surface area contributed by atoms with Crippen LogP contribution in [-0.4, -0.2) is 48.9 Å². The number of amides is 2. The zero-order chi connectivity index (χ0) is 22.5. The van der Waals surface area contributed by atoms with E-state index in [0.29, 0.717) is 43.5 Å². The number of hydrogen-bond acceptors (Lipinski definition) is 3. The molecule has 2 aromatic rings. The molecule has 0 saturated carbocycles. The number of hydrogen-bond donors (Lipinski definition) is 1. The van der Waals surface area contributed by atoms with E-state index in [-0.39, 0.29) is 17.7 Å². The quantitative estimate of drug-likeness (QED) is 0.643. The molecule has 0 bridgehead atoms. The monoisotopic (exact) mass is 453 g/mol. The lowest BCUT2D eigenvalue weighted by atomic mass is 9.95. The number of fused-ring (bicyclic) bond motifs is 1. The third-order valence-electron chi connectivity index (χ3n) is 6.72. The van der Waals surface area contributed by atoms with Crippen molar-refractivity contribution in [1.82, 2.24) is 10.2 Å². The molecule has 2 amide bonds. The maximum absolute atomic E-state index is 13.4. The highest BCUT2D eigenvalue weighted by atomic mass is 35.5. The number of carbonyl (C=O) groups excluding carboxylic acids is 2. The summed E-state index contributed by atoms with van der Waals surface area (Å²) in [6.45, 7) is 4.42. The normalized spacial score (nSPS) is 16.8. The summed E-state index contributed by atoms with van der Waals surface area (Å²) >= 11 is 6.23. The Kier molecular flexibility index (Phi) is 7.48. The van der Waals surface area contributed by atoms with Gasteiger partial charge in [-0.2, -0.15) is 0 Å². The second-order valence-corrected chi connectivity index (χ2v) is 9.37. The minimum atomic E-state index is -0.0538. The van der Waals surface area contributed by atoms with Crippen molar-refractivity contribution < 1.29 is 9.59 Å². The lowest BCUT2D eigenvalue weighted by Crippen LogP contribution is -2.44. The van der Waals surface area contributed by atoms with Gasteiger partial charge in [-0.15, -0.1) is 0 Å². The molecule has 1 N–H and O–H groups in total. The molecule has 0 unspecified atom stereocenters. The van der Waals surface area contributed by atoms with Gasteiger partial charge in [-0.1, -0.05) is 41.9 Å². The number of nitrogens with zero attached hydrogens (tertiary/aromatic N) is 2. The van der Waals surface area contributed by atoms with Crippen LogP contribution in [0, 0.1) is 5.92 Å². The molecule has 1 saturated heterocycles. The van der Waals surface area contributed by atoms with E-state index in [1.165, 1.54) is 11.1 Å². The third-order valence-corrected chi connectivity index (χ3v) is 6.95. The first-order valence-electron chi connectivity index (χ1n) is 11.6. The molecular weight excluding hydrogens is 422 g/mol. The zero-order valence-corrected chi connectivity index (χ0v) is 19.5. The third kappa shape index (κ3) is 5.51. The highest BCUT2D eigenvalue weighted by molar-refractivity contribution is 6.30. The predicted octanol–water partition coefficient (Wildman–Crippen LogP) is 4.08. The molecule has 4 rings (SSSR count). The van der Waals surface area contributed by atoms with Crippen molar-refractivity contribution in [3.05, 3.63) is 64.7 Å². The van der Waals surface area contributed by atoms with Gasteiger partial charge in [-0.05, 0) is 68.0 Å². The van der Waals surface area contributed by atoms with E-state index in [4.69, 9.17) is 11.6 Å². The van der Waals surface area contributed by atoms with Crippen molar-refractivity contribution in [2.75, 3.05) is 31.1 Å². The fourth-order valence-corrected chi connectivity index (χ4v) is 5.10. The highest BCUT2D eigenvalue weighted by Gasteiger charge is 2.30. The molecule has 1 aliphatic heterocycles. The van der Waals surface area contributed by atoms with E-state index in [1.807, 2.05) is 34.1 Å². The molecule has 0 aromatic heterocycles. The summed E-state index contributed by atoms with van der Waals surface area (Å²) in [4.78, 5) is 28.8. The summed E-state index contributed by atoms with van der Waals surface area (Å²) in [5.74, 6) is 0.174. The van der Waals surface area contributed by atoms with Crippen LogP contribution in [0.2, 0.25) is 5.02 Å². The number of benzene rings is 2. The van der Waals surface area contributed by atoms with Crippen LogP contribution in [0.5, 0.6) is 0 Å². The van der Waals surface area contributed by atoms with Crippen LogP contribution in [0.4, 0.5) is 5.69 Å². The number of anilines is 1. The summed E-state index contributed by atoms with van der Waals surface area (Å²) in [6.07, 6.45) is 4.45. The smallest absolute Gasteiger partial charge is 0.230 e. The number of carbonyl (C=O) groups is 2. The summed E-state index contributed by atoms with van der Waals surface area (Å²) in [6, 6.07) is 16.7. The Bertz CT molecular complexity index is 931. The average Bonchev–Trinajstić information content (AvgIpc) is 3.21. The second kappa shape index (κ2) is 10.5. The van der Waals surface area contributed by atoms with Gasteiger partial charge >= 0.3 is 0 Å². The predicted molar refractivity (Wildman–Crippen MR) is 129 cm³/mol. The number of piperidine rings is 1. The van der Waals surface area contributed by atoms with Gasteiger partial charge in [0.2, 0.25) is 11.8 Å². The maximum Gasteiger partial charge on any atom is 0.230 e. The number of nitrogens with one attached hydrogen (secondary N) is 1. The van der Waals surface area contributed by atoms with E-state index in [0.717, 1.165) is 31.5 Å². The van der Waals surface area contributed by atoms with Crippen LogP contribution < -0.4 is 10.2 Å². The van der Waals surface area contributed by atoms with Crippen LogP contribution in [0.1, 0.15) is 37.3 Å². The minimum absolute atomic E-state index is 0.0538. The fourth-order valence-electron chi connectivity index (χ4n) is 4.92. The van der Waals surface area contributed by atoms with Gasteiger partial charge in [-0.25, -0.2) is 0 Å². The summed E-state index contributed by atoms with van der Waals surface area (Å²) < 4.78 is 0. The van der Waals surface area contributed by atoms with Crippen LogP contribution in [-0.2, 0) is 22.4 Å². The van der Waals surface area contributed by atoms with Crippen LogP contribution in [0.25, 0.3) is 0 Å². The molecule has 32 heavy (non-hydrogen) atoms. The molecule has 1 fully saturated rings. The zero-order valence-electron chi connectivity index (χ0n) is 18.7. The summed E-state index contributed by atoms with van der Waals surface area (Å²) in [5.41, 5.74) is 3.74. The SMILES string of the molecule is CC(=O)N1CCC(C(=O)N(CCCNC2Cc3ccccc3C2)c2cccc(Cl)c2)CC1. The lowest BCUT2D eigenvalue weighted by molar-refractivity contribution is -0.133. The van der Waals surface area contributed by atoms with E-state index in [2.05, 4.69) is 29.6 Å². The Morgan fingerprint density at radius 2 is 1.75 bits per heavy atom. The van der Waals surface area contributed by atoms with Crippen molar-refractivity contribution in [1.29, 1.82) is 0 Å². The molecule has 0 radical (unpaired) electrons. The number of likely N-dealkylation sites (tertiary alicyclic amines) is 1. The average molecular weight is 454 g/mol. The van der Waals surface area contributed by atoms with Crippen molar-refractivity contribution >= 4 is 29.1 Å². The Hall–Kier alpha value is -2.37. The standard InChI is InChI=1S/C26H32ClN3O2/c1-19(31)29-14-10-20(11-15-29)26(32)30(25-9-4-8-23(27)18-25)13-5-12-28-24-16-21-6-2-3-7-22(21)17-24/h2-4,6-9,18,20,24,28H,5,10-17H2,1H3. The van der Waals surface area contributed by atoms with Gasteiger partial charge in [0.25, 0.3) is 0 Å².